The molecule has 1 nitrogen and oxygen atoms in total. The van der Waals surface area contributed by atoms with Crippen LogP contribution < -0.4 is 0 Å². The highest BCUT2D eigenvalue weighted by atomic mass is 79.9. The first-order chi connectivity index (χ1) is 9.13. The number of halogens is 2. The molecule has 0 bridgehead atoms. The van der Waals surface area contributed by atoms with Crippen molar-refractivity contribution in [1.29, 1.82) is 0 Å². The third-order valence-corrected chi connectivity index (χ3v) is 4.40. The summed E-state index contributed by atoms with van der Waals surface area (Å²) in [7, 11) is 0. The molecule has 0 aliphatic carbocycles. The van der Waals surface area contributed by atoms with Gasteiger partial charge in [0.15, 0.2) is 0 Å². The maximum Gasteiger partial charge on any atom is 0.0469 e. The van der Waals surface area contributed by atoms with Crippen LogP contribution in [0.5, 0.6) is 0 Å². The monoisotopic (exact) mass is 346 g/mol. The van der Waals surface area contributed by atoms with Gasteiger partial charge in [-0.2, -0.15) is 0 Å². The first-order valence-corrected chi connectivity index (χ1v) is 8.33. The van der Waals surface area contributed by atoms with Gasteiger partial charge in [0.1, 0.15) is 0 Å². The summed E-state index contributed by atoms with van der Waals surface area (Å²) in [5.41, 5.74) is 1.33. The average molecular weight is 348 g/mol. The molecule has 0 fully saturated rings. The summed E-state index contributed by atoms with van der Waals surface area (Å²) < 4.78 is 6.85. The van der Waals surface area contributed by atoms with Crippen LogP contribution in [0.1, 0.15) is 32.3 Å². The second-order valence-electron chi connectivity index (χ2n) is 5.40. The highest BCUT2D eigenvalue weighted by molar-refractivity contribution is 9.10. The van der Waals surface area contributed by atoms with Crippen molar-refractivity contribution in [3.05, 3.63) is 34.3 Å². The summed E-state index contributed by atoms with van der Waals surface area (Å²) in [6, 6.07) is 8.35. The fourth-order valence-electron chi connectivity index (χ4n) is 1.88. The normalized spacial score (nSPS) is 12.9. The molecular formula is C16H24BrClO. The van der Waals surface area contributed by atoms with Gasteiger partial charge >= 0.3 is 0 Å². The van der Waals surface area contributed by atoms with E-state index in [1.807, 2.05) is 6.07 Å². The first kappa shape index (κ1) is 17.0. The van der Waals surface area contributed by atoms with Crippen LogP contribution in [0.15, 0.2) is 28.7 Å². The maximum atomic E-state index is 6.06. The summed E-state index contributed by atoms with van der Waals surface area (Å²) >= 11 is 9.65. The predicted octanol–water partition coefficient (Wildman–Crippen LogP) is 5.30. The molecule has 0 radical (unpaired) electrons. The van der Waals surface area contributed by atoms with E-state index in [0.29, 0.717) is 17.7 Å². The first-order valence-electron chi connectivity index (χ1n) is 7.00. The Balaban J connectivity index is 2.28. The molecule has 1 aromatic rings. The molecule has 0 saturated heterocycles. The second kappa shape index (κ2) is 9.79. The van der Waals surface area contributed by atoms with Crippen LogP contribution in [-0.4, -0.2) is 19.1 Å². The van der Waals surface area contributed by atoms with Crippen LogP contribution in [0.3, 0.4) is 0 Å². The van der Waals surface area contributed by atoms with Crippen LogP contribution in [-0.2, 0) is 11.2 Å². The van der Waals surface area contributed by atoms with Crippen molar-refractivity contribution in [3.8, 4) is 0 Å². The minimum Gasteiger partial charge on any atom is -0.381 e. The number of hydrogen-bond donors (Lipinski definition) is 0. The van der Waals surface area contributed by atoms with Crippen molar-refractivity contribution in [1.82, 2.24) is 0 Å². The zero-order valence-electron chi connectivity index (χ0n) is 11.9. The second-order valence-corrected chi connectivity index (χ2v) is 6.56. The molecule has 0 N–H and O–H groups in total. The van der Waals surface area contributed by atoms with E-state index in [2.05, 4.69) is 48.0 Å². The smallest absolute Gasteiger partial charge is 0.0469 e. The van der Waals surface area contributed by atoms with Crippen molar-refractivity contribution in [2.75, 3.05) is 19.1 Å². The molecule has 0 aliphatic rings. The van der Waals surface area contributed by atoms with Gasteiger partial charge in [-0.15, -0.1) is 11.6 Å². The molecule has 0 amide bonds. The number of alkyl halides is 1. The van der Waals surface area contributed by atoms with Gasteiger partial charge in [0.05, 0.1) is 0 Å². The molecule has 1 aromatic carbocycles. The molecule has 1 atom stereocenters. The van der Waals surface area contributed by atoms with E-state index in [0.717, 1.165) is 32.5 Å². The molecule has 0 aliphatic heterocycles. The van der Waals surface area contributed by atoms with Crippen LogP contribution in [0.4, 0.5) is 0 Å². The van der Waals surface area contributed by atoms with Gasteiger partial charge in [-0.3, -0.25) is 0 Å². The molecule has 3 heteroatoms. The van der Waals surface area contributed by atoms with Crippen molar-refractivity contribution >= 4 is 27.5 Å². The van der Waals surface area contributed by atoms with E-state index in [1.54, 1.807) is 0 Å². The molecule has 0 aromatic heterocycles. The van der Waals surface area contributed by atoms with E-state index in [4.69, 9.17) is 16.3 Å². The minimum absolute atomic E-state index is 0.486. The number of benzene rings is 1. The Morgan fingerprint density at radius 2 is 1.84 bits per heavy atom. The SMILES string of the molecule is CC(C)CCOCCC(CCl)Cc1ccccc1Br. The largest absolute Gasteiger partial charge is 0.381 e. The van der Waals surface area contributed by atoms with Crippen LogP contribution in [0, 0.1) is 11.8 Å². The Morgan fingerprint density at radius 3 is 2.47 bits per heavy atom. The summed E-state index contributed by atoms with van der Waals surface area (Å²) in [4.78, 5) is 0. The van der Waals surface area contributed by atoms with Crippen LogP contribution in [0.2, 0.25) is 0 Å². The van der Waals surface area contributed by atoms with Crippen LogP contribution >= 0.6 is 27.5 Å². The lowest BCUT2D eigenvalue weighted by Gasteiger charge is -2.15. The lowest BCUT2D eigenvalue weighted by Crippen LogP contribution is -2.11. The van der Waals surface area contributed by atoms with Crippen molar-refractivity contribution in [2.45, 2.75) is 33.1 Å². The Hall–Kier alpha value is -0.0500. The van der Waals surface area contributed by atoms with E-state index in [9.17, 15) is 0 Å². The molecule has 0 heterocycles. The Labute approximate surface area is 130 Å². The van der Waals surface area contributed by atoms with E-state index < -0.39 is 0 Å². The topological polar surface area (TPSA) is 9.23 Å². The van der Waals surface area contributed by atoms with Gasteiger partial charge in [0.25, 0.3) is 0 Å². The molecule has 0 spiro atoms. The Morgan fingerprint density at radius 1 is 1.16 bits per heavy atom. The highest BCUT2D eigenvalue weighted by Gasteiger charge is 2.10. The van der Waals surface area contributed by atoms with Crippen molar-refractivity contribution < 1.29 is 4.74 Å². The molecule has 108 valence electrons. The average Bonchev–Trinajstić information content (AvgIpc) is 2.39. The predicted molar refractivity (Wildman–Crippen MR) is 86.9 cm³/mol. The number of ether oxygens (including phenoxy) is 1. The summed E-state index contributed by atoms with van der Waals surface area (Å²) in [5.74, 6) is 1.89. The number of hydrogen-bond acceptors (Lipinski definition) is 1. The Kier molecular flexibility index (Phi) is 8.76. The zero-order valence-corrected chi connectivity index (χ0v) is 14.2. The minimum atomic E-state index is 0.486. The van der Waals surface area contributed by atoms with Crippen molar-refractivity contribution in [3.63, 3.8) is 0 Å². The number of rotatable bonds is 9. The summed E-state index contributed by atoms with van der Waals surface area (Å²) in [6.07, 6.45) is 3.18. The lowest BCUT2D eigenvalue weighted by molar-refractivity contribution is 0.112. The molecule has 0 saturated carbocycles. The zero-order chi connectivity index (χ0) is 14.1. The molecule has 19 heavy (non-hydrogen) atoms. The maximum absolute atomic E-state index is 6.06. The summed E-state index contributed by atoms with van der Waals surface area (Å²) in [5, 5.41) is 0. The van der Waals surface area contributed by atoms with Gasteiger partial charge in [0, 0.05) is 23.6 Å². The Bertz CT molecular complexity index is 354. The van der Waals surface area contributed by atoms with Crippen LogP contribution in [0.25, 0.3) is 0 Å². The van der Waals surface area contributed by atoms with Gasteiger partial charge in [0.2, 0.25) is 0 Å². The molecule has 1 rings (SSSR count). The molecular weight excluding hydrogens is 324 g/mol. The third kappa shape index (κ3) is 7.34. The standard InChI is InChI=1S/C16H24BrClO/c1-13(2)7-9-19-10-8-14(12-18)11-15-5-3-4-6-16(15)17/h3-6,13-14H,7-12H2,1-2H3. The van der Waals surface area contributed by atoms with Crippen molar-refractivity contribution in [2.24, 2.45) is 11.8 Å². The highest BCUT2D eigenvalue weighted by Crippen LogP contribution is 2.21. The lowest BCUT2D eigenvalue weighted by atomic mass is 9.98. The molecule has 1 unspecified atom stereocenters. The van der Waals surface area contributed by atoms with E-state index in [-0.39, 0.29) is 0 Å². The van der Waals surface area contributed by atoms with Gasteiger partial charge < -0.3 is 4.74 Å². The van der Waals surface area contributed by atoms with E-state index >= 15 is 0 Å². The summed E-state index contributed by atoms with van der Waals surface area (Å²) in [6.45, 7) is 6.12. The fourth-order valence-corrected chi connectivity index (χ4v) is 2.59. The quantitative estimate of drug-likeness (QED) is 0.435. The van der Waals surface area contributed by atoms with E-state index in [1.165, 1.54) is 10.0 Å². The van der Waals surface area contributed by atoms with Gasteiger partial charge in [-0.1, -0.05) is 48.0 Å². The fraction of sp³-hybridized carbons (Fsp3) is 0.625. The van der Waals surface area contributed by atoms with Gasteiger partial charge in [-0.25, -0.2) is 0 Å². The third-order valence-electron chi connectivity index (χ3n) is 3.19. The van der Waals surface area contributed by atoms with Gasteiger partial charge in [-0.05, 0) is 42.7 Å².